The standard InChI is InChI=1S/C18H23F2N3O/c1-11(2)8-18(4,21)9-24-17-7-14(19)13(6-15(17)20)16-5-12(3)22-10-23-16/h5-7,10-11H,8-9,21H2,1-4H3/t18-/m0/s1. The van der Waals surface area contributed by atoms with E-state index in [1.807, 2.05) is 20.8 Å². The van der Waals surface area contributed by atoms with Crippen molar-refractivity contribution in [3.8, 4) is 17.0 Å². The van der Waals surface area contributed by atoms with E-state index < -0.39 is 17.2 Å². The van der Waals surface area contributed by atoms with E-state index in [0.717, 1.165) is 18.6 Å². The summed E-state index contributed by atoms with van der Waals surface area (Å²) in [6.45, 7) is 7.79. The number of benzene rings is 1. The van der Waals surface area contributed by atoms with Crippen LogP contribution in [0.15, 0.2) is 24.5 Å². The van der Waals surface area contributed by atoms with Crippen LogP contribution in [-0.4, -0.2) is 22.1 Å². The number of hydrogen-bond donors (Lipinski definition) is 1. The van der Waals surface area contributed by atoms with Gasteiger partial charge in [-0.05, 0) is 38.3 Å². The van der Waals surface area contributed by atoms with Gasteiger partial charge in [0.15, 0.2) is 11.6 Å². The number of halogens is 2. The van der Waals surface area contributed by atoms with Crippen molar-refractivity contribution in [2.24, 2.45) is 11.7 Å². The molecule has 0 amide bonds. The predicted molar refractivity (Wildman–Crippen MR) is 89.7 cm³/mol. The Bertz CT molecular complexity index is 717. The van der Waals surface area contributed by atoms with Gasteiger partial charge in [-0.2, -0.15) is 0 Å². The van der Waals surface area contributed by atoms with Crippen molar-refractivity contribution in [3.05, 3.63) is 41.9 Å². The molecule has 0 aliphatic rings. The van der Waals surface area contributed by atoms with Gasteiger partial charge in [-0.3, -0.25) is 0 Å². The van der Waals surface area contributed by atoms with Gasteiger partial charge < -0.3 is 10.5 Å². The predicted octanol–water partition coefficient (Wildman–Crippen LogP) is 3.87. The van der Waals surface area contributed by atoms with Crippen LogP contribution in [0.1, 0.15) is 32.9 Å². The zero-order valence-electron chi connectivity index (χ0n) is 14.4. The van der Waals surface area contributed by atoms with E-state index in [2.05, 4.69) is 9.97 Å². The quantitative estimate of drug-likeness (QED) is 0.870. The van der Waals surface area contributed by atoms with Gasteiger partial charge >= 0.3 is 0 Å². The van der Waals surface area contributed by atoms with E-state index in [-0.39, 0.29) is 17.9 Å². The van der Waals surface area contributed by atoms with Crippen molar-refractivity contribution in [2.45, 2.75) is 39.7 Å². The molecule has 1 aromatic carbocycles. The highest BCUT2D eigenvalue weighted by atomic mass is 19.1. The molecule has 1 atom stereocenters. The summed E-state index contributed by atoms with van der Waals surface area (Å²) in [5.41, 5.74) is 6.60. The van der Waals surface area contributed by atoms with Gasteiger partial charge in [-0.15, -0.1) is 0 Å². The van der Waals surface area contributed by atoms with Gasteiger partial charge in [0.1, 0.15) is 18.8 Å². The molecule has 2 rings (SSSR count). The zero-order chi connectivity index (χ0) is 17.9. The Hall–Kier alpha value is -2.08. The SMILES string of the molecule is Cc1cc(-c2cc(F)c(OC[C@@](C)(N)CC(C)C)cc2F)ncn1. The van der Waals surface area contributed by atoms with E-state index in [1.54, 1.807) is 13.0 Å². The first-order valence-electron chi connectivity index (χ1n) is 7.88. The first kappa shape index (κ1) is 18.3. The summed E-state index contributed by atoms with van der Waals surface area (Å²) in [6, 6.07) is 3.72. The van der Waals surface area contributed by atoms with Gasteiger partial charge in [0.05, 0.1) is 5.69 Å². The first-order valence-corrected chi connectivity index (χ1v) is 7.88. The summed E-state index contributed by atoms with van der Waals surface area (Å²) in [6.07, 6.45) is 2.04. The lowest BCUT2D eigenvalue weighted by molar-refractivity contribution is 0.199. The molecule has 130 valence electrons. The van der Waals surface area contributed by atoms with Crippen LogP contribution in [-0.2, 0) is 0 Å². The molecule has 2 aromatic rings. The Morgan fingerprint density at radius 2 is 1.88 bits per heavy atom. The molecular formula is C18H23F2N3O. The van der Waals surface area contributed by atoms with Gasteiger partial charge in [0.2, 0.25) is 0 Å². The van der Waals surface area contributed by atoms with E-state index in [1.165, 1.54) is 6.33 Å². The maximum absolute atomic E-state index is 14.3. The van der Waals surface area contributed by atoms with Crippen LogP contribution in [0.2, 0.25) is 0 Å². The highest BCUT2D eigenvalue weighted by Crippen LogP contribution is 2.29. The van der Waals surface area contributed by atoms with Crippen LogP contribution in [0.4, 0.5) is 8.78 Å². The van der Waals surface area contributed by atoms with E-state index in [0.29, 0.717) is 17.3 Å². The summed E-state index contributed by atoms with van der Waals surface area (Å²) in [5.74, 6) is -1.02. The molecule has 0 radical (unpaired) electrons. The summed E-state index contributed by atoms with van der Waals surface area (Å²) in [5, 5.41) is 0. The van der Waals surface area contributed by atoms with E-state index in [9.17, 15) is 8.78 Å². The van der Waals surface area contributed by atoms with Crippen LogP contribution in [0, 0.1) is 24.5 Å². The van der Waals surface area contributed by atoms with Crippen molar-refractivity contribution >= 4 is 0 Å². The molecule has 0 aliphatic carbocycles. The van der Waals surface area contributed by atoms with Crippen molar-refractivity contribution in [3.63, 3.8) is 0 Å². The molecule has 0 saturated heterocycles. The molecular weight excluding hydrogens is 312 g/mol. The Kier molecular flexibility index (Phi) is 5.49. The first-order chi connectivity index (χ1) is 11.2. The number of nitrogens with zero attached hydrogens (tertiary/aromatic N) is 2. The molecule has 2 N–H and O–H groups in total. The third-order valence-electron chi connectivity index (χ3n) is 3.53. The monoisotopic (exact) mass is 335 g/mol. The normalized spacial score (nSPS) is 13.8. The molecule has 1 heterocycles. The molecule has 0 fully saturated rings. The molecule has 1 aromatic heterocycles. The van der Waals surface area contributed by atoms with Gasteiger partial charge in [-0.1, -0.05) is 13.8 Å². The van der Waals surface area contributed by atoms with E-state index in [4.69, 9.17) is 10.5 Å². The summed E-state index contributed by atoms with van der Waals surface area (Å²) in [4.78, 5) is 7.93. The number of nitrogens with two attached hydrogens (primary N) is 1. The summed E-state index contributed by atoms with van der Waals surface area (Å²) < 4.78 is 34.0. The van der Waals surface area contributed by atoms with Crippen LogP contribution in [0.3, 0.4) is 0 Å². The molecule has 6 heteroatoms. The average molecular weight is 335 g/mol. The Morgan fingerprint density at radius 1 is 1.17 bits per heavy atom. The molecule has 24 heavy (non-hydrogen) atoms. The Morgan fingerprint density at radius 3 is 2.50 bits per heavy atom. The van der Waals surface area contributed by atoms with Crippen LogP contribution in [0.5, 0.6) is 5.75 Å². The molecule has 0 unspecified atom stereocenters. The fraction of sp³-hybridized carbons (Fsp3) is 0.444. The number of rotatable bonds is 6. The third-order valence-corrected chi connectivity index (χ3v) is 3.53. The molecule has 0 aliphatic heterocycles. The number of aryl methyl sites for hydroxylation is 1. The second-order valence-corrected chi connectivity index (χ2v) is 6.85. The molecule has 0 bridgehead atoms. The fourth-order valence-corrected chi connectivity index (χ4v) is 2.67. The lowest BCUT2D eigenvalue weighted by Crippen LogP contribution is -2.43. The van der Waals surface area contributed by atoms with Crippen LogP contribution < -0.4 is 10.5 Å². The smallest absolute Gasteiger partial charge is 0.165 e. The third kappa shape index (κ3) is 4.71. The largest absolute Gasteiger partial charge is 0.489 e. The molecule has 0 saturated carbocycles. The van der Waals surface area contributed by atoms with E-state index >= 15 is 0 Å². The second kappa shape index (κ2) is 7.21. The minimum atomic E-state index is -0.650. The van der Waals surface area contributed by atoms with Crippen molar-refractivity contribution in [1.82, 2.24) is 9.97 Å². The van der Waals surface area contributed by atoms with Gasteiger partial charge in [0, 0.05) is 22.9 Å². The summed E-state index contributed by atoms with van der Waals surface area (Å²) >= 11 is 0. The maximum atomic E-state index is 14.3. The number of hydrogen-bond acceptors (Lipinski definition) is 4. The number of aromatic nitrogens is 2. The van der Waals surface area contributed by atoms with Gasteiger partial charge in [0.25, 0.3) is 0 Å². The average Bonchev–Trinajstić information content (AvgIpc) is 2.46. The highest BCUT2D eigenvalue weighted by molar-refractivity contribution is 5.61. The minimum absolute atomic E-state index is 0.0723. The van der Waals surface area contributed by atoms with Gasteiger partial charge in [-0.25, -0.2) is 18.7 Å². The minimum Gasteiger partial charge on any atom is -0.489 e. The van der Waals surface area contributed by atoms with Crippen molar-refractivity contribution in [1.29, 1.82) is 0 Å². The highest BCUT2D eigenvalue weighted by Gasteiger charge is 2.22. The Balaban J connectivity index is 2.21. The second-order valence-electron chi connectivity index (χ2n) is 6.85. The fourth-order valence-electron chi connectivity index (χ4n) is 2.67. The molecule has 0 spiro atoms. The maximum Gasteiger partial charge on any atom is 0.165 e. The lowest BCUT2D eigenvalue weighted by atomic mass is 9.93. The Labute approximate surface area is 141 Å². The van der Waals surface area contributed by atoms with Crippen LogP contribution >= 0.6 is 0 Å². The van der Waals surface area contributed by atoms with Crippen molar-refractivity contribution in [2.75, 3.05) is 6.61 Å². The molecule has 4 nitrogen and oxygen atoms in total. The topological polar surface area (TPSA) is 61.0 Å². The lowest BCUT2D eigenvalue weighted by Gasteiger charge is -2.26. The number of ether oxygens (including phenoxy) is 1. The zero-order valence-corrected chi connectivity index (χ0v) is 14.4. The van der Waals surface area contributed by atoms with Crippen molar-refractivity contribution < 1.29 is 13.5 Å². The van der Waals surface area contributed by atoms with Crippen LogP contribution in [0.25, 0.3) is 11.3 Å². The summed E-state index contributed by atoms with van der Waals surface area (Å²) in [7, 11) is 0.